The lowest BCUT2D eigenvalue weighted by Gasteiger charge is -2.34. The van der Waals surface area contributed by atoms with Crippen LogP contribution in [0.1, 0.15) is 27.0 Å². The molecule has 0 saturated carbocycles. The highest BCUT2D eigenvalue weighted by atomic mass is 16.5. The predicted molar refractivity (Wildman–Crippen MR) is 164 cm³/mol. The first-order chi connectivity index (χ1) is 20.4. The Morgan fingerprint density at radius 3 is 2.60 bits per heavy atom. The molecule has 3 unspecified atom stereocenters. The number of carbonyl (C=O) groups is 1. The Morgan fingerprint density at radius 1 is 1.14 bits per heavy atom. The van der Waals surface area contributed by atoms with Crippen LogP contribution in [0.4, 0.5) is 0 Å². The number of aliphatic hydroxyl groups is 1. The number of nitrogens with zero attached hydrogens (tertiary/aromatic N) is 2. The standard InChI is InChI=1S/C34H41N3O5/c1-24(25-8-10-26(11-9-25)34(39)36-14-16-42-17-15-36)35-21-31(38)23-37(30-18-27-6-4-5-7-28(27)19-30)22-29-12-13-32(40-2)20-33(29)41-3/h4-13,18,20,29,31,33,35,38H,1,14-17,19,21-23H2,2-3H3. The fourth-order valence-electron chi connectivity index (χ4n) is 5.67. The summed E-state index contributed by atoms with van der Waals surface area (Å²) in [6.07, 6.45) is 8.39. The van der Waals surface area contributed by atoms with Crippen molar-refractivity contribution in [3.8, 4) is 0 Å². The van der Waals surface area contributed by atoms with E-state index in [4.69, 9.17) is 14.2 Å². The van der Waals surface area contributed by atoms with E-state index in [2.05, 4.69) is 53.2 Å². The summed E-state index contributed by atoms with van der Waals surface area (Å²) < 4.78 is 16.5. The van der Waals surface area contributed by atoms with Crippen molar-refractivity contribution in [2.75, 3.05) is 60.2 Å². The van der Waals surface area contributed by atoms with E-state index >= 15 is 0 Å². The maximum atomic E-state index is 12.8. The molecule has 1 fully saturated rings. The summed E-state index contributed by atoms with van der Waals surface area (Å²) in [5.41, 5.74) is 5.91. The molecule has 222 valence electrons. The van der Waals surface area contributed by atoms with E-state index in [-0.39, 0.29) is 17.9 Å². The summed E-state index contributed by atoms with van der Waals surface area (Å²) in [6.45, 7) is 8.03. The molecule has 5 rings (SSSR count). The number of aliphatic hydroxyl groups excluding tert-OH is 1. The molecule has 1 aliphatic heterocycles. The Balaban J connectivity index is 1.20. The largest absolute Gasteiger partial charge is 0.497 e. The third kappa shape index (κ3) is 7.13. The van der Waals surface area contributed by atoms with Gasteiger partial charge >= 0.3 is 0 Å². The zero-order valence-electron chi connectivity index (χ0n) is 24.5. The number of fused-ring (bicyclic) bond motifs is 1. The molecule has 3 atom stereocenters. The minimum Gasteiger partial charge on any atom is -0.497 e. The topological polar surface area (TPSA) is 83.5 Å². The first-order valence-corrected chi connectivity index (χ1v) is 14.5. The van der Waals surface area contributed by atoms with Gasteiger partial charge in [-0.1, -0.05) is 49.1 Å². The van der Waals surface area contributed by atoms with Gasteiger partial charge in [0.1, 0.15) is 5.76 Å². The average molecular weight is 572 g/mol. The molecule has 3 aliphatic rings. The summed E-state index contributed by atoms with van der Waals surface area (Å²) >= 11 is 0. The third-order valence-electron chi connectivity index (χ3n) is 8.11. The summed E-state index contributed by atoms with van der Waals surface area (Å²) in [5.74, 6) is 0.908. The molecule has 1 heterocycles. The normalized spacial score (nSPS) is 20.3. The fraction of sp³-hybridized carbons (Fsp3) is 0.382. The first kappa shape index (κ1) is 29.6. The van der Waals surface area contributed by atoms with Crippen LogP contribution in [0.15, 0.2) is 84.8 Å². The smallest absolute Gasteiger partial charge is 0.254 e. The number of morpholine rings is 1. The lowest BCUT2D eigenvalue weighted by atomic mass is 9.95. The number of nitrogens with one attached hydrogen (secondary N) is 1. The van der Waals surface area contributed by atoms with Gasteiger partial charge in [0, 0.05) is 69.1 Å². The summed E-state index contributed by atoms with van der Waals surface area (Å²) in [6, 6.07) is 15.9. The lowest BCUT2D eigenvalue weighted by Crippen LogP contribution is -2.42. The molecule has 2 aromatic carbocycles. The summed E-state index contributed by atoms with van der Waals surface area (Å²) in [5, 5.41) is 14.5. The Morgan fingerprint density at radius 2 is 1.88 bits per heavy atom. The maximum absolute atomic E-state index is 12.8. The maximum Gasteiger partial charge on any atom is 0.254 e. The van der Waals surface area contributed by atoms with Crippen molar-refractivity contribution in [3.63, 3.8) is 0 Å². The van der Waals surface area contributed by atoms with Crippen molar-refractivity contribution >= 4 is 17.7 Å². The van der Waals surface area contributed by atoms with Gasteiger partial charge in [-0.15, -0.1) is 0 Å². The van der Waals surface area contributed by atoms with Gasteiger partial charge in [0.2, 0.25) is 0 Å². The van der Waals surface area contributed by atoms with Crippen LogP contribution in [0.5, 0.6) is 0 Å². The number of ether oxygens (including phenoxy) is 3. The fourth-order valence-corrected chi connectivity index (χ4v) is 5.67. The van der Waals surface area contributed by atoms with Gasteiger partial charge in [0.25, 0.3) is 5.91 Å². The molecule has 0 aromatic heterocycles. The van der Waals surface area contributed by atoms with E-state index in [1.165, 1.54) is 16.8 Å². The lowest BCUT2D eigenvalue weighted by molar-refractivity contribution is 0.0303. The second-order valence-electron chi connectivity index (χ2n) is 10.9. The Labute approximate surface area is 248 Å². The van der Waals surface area contributed by atoms with E-state index in [9.17, 15) is 9.90 Å². The Bertz CT molecular complexity index is 1340. The van der Waals surface area contributed by atoms with Crippen LogP contribution in [0, 0.1) is 5.92 Å². The molecule has 2 N–H and O–H groups in total. The van der Waals surface area contributed by atoms with Crippen LogP contribution in [0.25, 0.3) is 11.8 Å². The molecule has 0 radical (unpaired) electrons. The van der Waals surface area contributed by atoms with Gasteiger partial charge in [0.15, 0.2) is 0 Å². The van der Waals surface area contributed by atoms with Crippen molar-refractivity contribution in [1.82, 2.24) is 15.1 Å². The van der Waals surface area contributed by atoms with E-state index < -0.39 is 6.10 Å². The van der Waals surface area contributed by atoms with Gasteiger partial charge in [-0.2, -0.15) is 0 Å². The molecule has 0 spiro atoms. The van der Waals surface area contributed by atoms with Crippen molar-refractivity contribution < 1.29 is 24.1 Å². The molecule has 1 saturated heterocycles. The summed E-state index contributed by atoms with van der Waals surface area (Å²) in [4.78, 5) is 16.9. The predicted octanol–water partition coefficient (Wildman–Crippen LogP) is 3.71. The molecule has 0 bridgehead atoms. The Hall–Kier alpha value is -3.85. The number of rotatable bonds is 12. The molecule has 2 aliphatic carbocycles. The van der Waals surface area contributed by atoms with Crippen LogP contribution in [0.3, 0.4) is 0 Å². The summed E-state index contributed by atoms with van der Waals surface area (Å²) in [7, 11) is 3.37. The molecular formula is C34H41N3O5. The van der Waals surface area contributed by atoms with Gasteiger partial charge < -0.3 is 34.4 Å². The van der Waals surface area contributed by atoms with Crippen LogP contribution >= 0.6 is 0 Å². The number of allylic oxidation sites excluding steroid dienone is 2. The van der Waals surface area contributed by atoms with Crippen LogP contribution in [-0.4, -0.2) is 93.2 Å². The van der Waals surface area contributed by atoms with E-state index in [0.29, 0.717) is 57.2 Å². The molecular weight excluding hydrogens is 530 g/mol. The first-order valence-electron chi connectivity index (χ1n) is 14.5. The highest BCUT2D eigenvalue weighted by Gasteiger charge is 2.27. The van der Waals surface area contributed by atoms with Gasteiger partial charge in [-0.3, -0.25) is 4.79 Å². The Kier molecular flexibility index (Phi) is 9.79. The monoisotopic (exact) mass is 571 g/mol. The third-order valence-corrected chi connectivity index (χ3v) is 8.11. The molecule has 42 heavy (non-hydrogen) atoms. The zero-order chi connectivity index (χ0) is 29.5. The average Bonchev–Trinajstić information content (AvgIpc) is 3.48. The number of benzene rings is 2. The van der Waals surface area contributed by atoms with Gasteiger partial charge in [-0.05, 0) is 47.1 Å². The van der Waals surface area contributed by atoms with Crippen LogP contribution in [-0.2, 0) is 20.6 Å². The SMILES string of the molecule is C=C(NCC(O)CN(CC1C=CC(OC)=CC1OC)C1=Cc2ccccc2C1)c1ccc(C(=O)N2CCOCC2)cc1. The number of hydrogen-bond donors (Lipinski definition) is 2. The highest BCUT2D eigenvalue weighted by Crippen LogP contribution is 2.30. The van der Waals surface area contributed by atoms with Crippen LogP contribution in [0.2, 0.25) is 0 Å². The van der Waals surface area contributed by atoms with E-state index in [1.54, 1.807) is 14.2 Å². The van der Waals surface area contributed by atoms with E-state index in [1.807, 2.05) is 41.3 Å². The van der Waals surface area contributed by atoms with Crippen molar-refractivity contribution in [2.24, 2.45) is 5.92 Å². The molecule has 8 heteroatoms. The van der Waals surface area contributed by atoms with Gasteiger partial charge in [0.05, 0.1) is 32.5 Å². The van der Waals surface area contributed by atoms with Crippen molar-refractivity contribution in [3.05, 3.63) is 107 Å². The number of carbonyl (C=O) groups excluding carboxylic acids is 1. The number of methoxy groups -OCH3 is 2. The molecule has 2 aromatic rings. The zero-order valence-corrected chi connectivity index (χ0v) is 24.5. The second kappa shape index (κ2) is 13.9. The minimum atomic E-state index is -0.646. The number of hydrogen-bond acceptors (Lipinski definition) is 7. The highest BCUT2D eigenvalue weighted by molar-refractivity contribution is 5.94. The van der Waals surface area contributed by atoms with Crippen molar-refractivity contribution in [2.45, 2.75) is 18.6 Å². The van der Waals surface area contributed by atoms with Crippen molar-refractivity contribution in [1.29, 1.82) is 0 Å². The minimum absolute atomic E-state index is 0.0137. The molecule has 8 nitrogen and oxygen atoms in total. The second-order valence-corrected chi connectivity index (χ2v) is 10.9. The molecule has 1 amide bonds. The van der Waals surface area contributed by atoms with Gasteiger partial charge in [-0.25, -0.2) is 0 Å². The van der Waals surface area contributed by atoms with Crippen LogP contribution < -0.4 is 5.32 Å². The quantitative estimate of drug-likeness (QED) is 0.402. The van der Waals surface area contributed by atoms with E-state index in [0.717, 1.165) is 17.7 Å². The number of amides is 1.